The van der Waals surface area contributed by atoms with Crippen LogP contribution in [0.4, 0.5) is 5.69 Å². The maximum Gasteiger partial charge on any atom is 0.339 e. The van der Waals surface area contributed by atoms with Gasteiger partial charge in [0.15, 0.2) is 0 Å². The molecule has 0 aliphatic rings. The number of aromatic nitrogens is 2. The van der Waals surface area contributed by atoms with Crippen molar-refractivity contribution in [1.82, 2.24) is 9.97 Å². The first-order chi connectivity index (χ1) is 10.1. The van der Waals surface area contributed by atoms with E-state index in [0.717, 1.165) is 0 Å². The van der Waals surface area contributed by atoms with E-state index < -0.39 is 11.9 Å². The van der Waals surface area contributed by atoms with Crippen LogP contribution in [0, 0.1) is 0 Å². The molecule has 2 aromatic heterocycles. The van der Waals surface area contributed by atoms with Gasteiger partial charge in [-0.1, -0.05) is 0 Å². The van der Waals surface area contributed by atoms with Gasteiger partial charge in [-0.15, -0.1) is 0 Å². The standard InChI is InChI=1S/C14H13N3O4.H2O/c1-20-12-6-4-10(8-16-12)17-13(18)11-5-3-9(7-15-11)14(19)21-2;/h3-8H,1-2H3,(H,17,18);1H2. The van der Waals surface area contributed by atoms with Crippen molar-refractivity contribution in [3.63, 3.8) is 0 Å². The number of anilines is 1. The summed E-state index contributed by atoms with van der Waals surface area (Å²) in [6, 6.07) is 6.20. The number of nitrogens with zero attached hydrogens (tertiary/aromatic N) is 2. The van der Waals surface area contributed by atoms with Gasteiger partial charge in [-0.25, -0.2) is 9.78 Å². The molecule has 2 aromatic rings. The Bertz CT molecular complexity index is 641. The van der Waals surface area contributed by atoms with Gasteiger partial charge in [-0.2, -0.15) is 0 Å². The van der Waals surface area contributed by atoms with Crippen molar-refractivity contribution in [1.29, 1.82) is 0 Å². The number of amides is 1. The van der Waals surface area contributed by atoms with Crippen LogP contribution in [0.25, 0.3) is 0 Å². The largest absolute Gasteiger partial charge is 0.481 e. The third-order valence-corrected chi connectivity index (χ3v) is 2.62. The molecule has 0 radical (unpaired) electrons. The van der Waals surface area contributed by atoms with Crippen molar-refractivity contribution in [3.8, 4) is 5.88 Å². The van der Waals surface area contributed by atoms with Crippen LogP contribution < -0.4 is 10.1 Å². The minimum atomic E-state index is -0.506. The predicted octanol–water partition coefficient (Wildman–Crippen LogP) is 0.699. The van der Waals surface area contributed by atoms with Crippen LogP contribution in [0.5, 0.6) is 5.88 Å². The van der Waals surface area contributed by atoms with Crippen LogP contribution in [-0.2, 0) is 4.74 Å². The summed E-state index contributed by atoms with van der Waals surface area (Å²) < 4.78 is 9.48. The molecular weight excluding hydrogens is 290 g/mol. The number of methoxy groups -OCH3 is 2. The number of ether oxygens (including phenoxy) is 2. The number of hydrogen-bond acceptors (Lipinski definition) is 6. The molecule has 0 aliphatic heterocycles. The number of hydrogen-bond donors (Lipinski definition) is 1. The quantitative estimate of drug-likeness (QED) is 0.830. The second kappa shape index (κ2) is 7.70. The molecule has 0 aliphatic carbocycles. The normalized spacial score (nSPS) is 9.36. The van der Waals surface area contributed by atoms with Crippen molar-refractivity contribution in [2.24, 2.45) is 0 Å². The molecule has 0 bridgehead atoms. The van der Waals surface area contributed by atoms with Crippen LogP contribution >= 0.6 is 0 Å². The molecule has 2 heterocycles. The molecule has 22 heavy (non-hydrogen) atoms. The number of carbonyl (C=O) groups is 2. The Morgan fingerprint density at radius 2 is 1.82 bits per heavy atom. The van der Waals surface area contributed by atoms with E-state index >= 15 is 0 Å². The third kappa shape index (κ3) is 4.00. The second-order valence-corrected chi connectivity index (χ2v) is 3.97. The Morgan fingerprint density at radius 1 is 1.05 bits per heavy atom. The number of esters is 1. The van der Waals surface area contributed by atoms with E-state index in [0.29, 0.717) is 11.6 Å². The van der Waals surface area contributed by atoms with Gasteiger partial charge >= 0.3 is 5.97 Å². The average Bonchev–Trinajstić information content (AvgIpc) is 2.55. The molecule has 2 rings (SSSR count). The SMILES string of the molecule is COC(=O)c1ccc(C(=O)Nc2ccc(OC)nc2)nc1.O. The summed E-state index contributed by atoms with van der Waals surface area (Å²) in [5.74, 6) is -0.458. The summed E-state index contributed by atoms with van der Waals surface area (Å²) in [5, 5.41) is 2.64. The number of rotatable bonds is 4. The fourth-order valence-electron chi connectivity index (χ4n) is 1.54. The molecule has 0 unspecified atom stereocenters. The van der Waals surface area contributed by atoms with E-state index in [1.807, 2.05) is 0 Å². The van der Waals surface area contributed by atoms with Gasteiger partial charge in [0.25, 0.3) is 5.91 Å². The van der Waals surface area contributed by atoms with Crippen molar-refractivity contribution in [2.75, 3.05) is 19.5 Å². The van der Waals surface area contributed by atoms with Gasteiger partial charge in [-0.05, 0) is 18.2 Å². The minimum Gasteiger partial charge on any atom is -0.481 e. The first-order valence-electron chi connectivity index (χ1n) is 6.00. The van der Waals surface area contributed by atoms with E-state index in [2.05, 4.69) is 20.0 Å². The van der Waals surface area contributed by atoms with E-state index in [1.165, 1.54) is 38.7 Å². The predicted molar refractivity (Wildman–Crippen MR) is 77.9 cm³/mol. The molecule has 0 atom stereocenters. The van der Waals surface area contributed by atoms with Gasteiger partial charge in [0.1, 0.15) is 5.69 Å². The Hall–Kier alpha value is -3.00. The zero-order valence-electron chi connectivity index (χ0n) is 12.0. The first-order valence-corrected chi connectivity index (χ1v) is 6.00. The minimum absolute atomic E-state index is 0. The zero-order valence-corrected chi connectivity index (χ0v) is 12.0. The molecule has 0 aromatic carbocycles. The number of carbonyl (C=O) groups excluding carboxylic acids is 2. The summed E-state index contributed by atoms with van der Waals surface area (Å²) in [7, 11) is 2.78. The molecule has 0 saturated carbocycles. The van der Waals surface area contributed by atoms with E-state index in [9.17, 15) is 9.59 Å². The monoisotopic (exact) mass is 305 g/mol. The lowest BCUT2D eigenvalue weighted by Crippen LogP contribution is -2.14. The lowest BCUT2D eigenvalue weighted by atomic mass is 10.2. The van der Waals surface area contributed by atoms with Gasteiger partial charge in [0.2, 0.25) is 5.88 Å². The second-order valence-electron chi connectivity index (χ2n) is 3.97. The van der Waals surface area contributed by atoms with Crippen molar-refractivity contribution in [3.05, 3.63) is 47.9 Å². The van der Waals surface area contributed by atoms with Crippen LogP contribution in [0.15, 0.2) is 36.7 Å². The van der Waals surface area contributed by atoms with Crippen LogP contribution in [0.2, 0.25) is 0 Å². The highest BCUT2D eigenvalue weighted by Gasteiger charge is 2.10. The fourth-order valence-corrected chi connectivity index (χ4v) is 1.54. The Balaban J connectivity index is 0.00000242. The van der Waals surface area contributed by atoms with Gasteiger partial charge < -0.3 is 20.3 Å². The lowest BCUT2D eigenvalue weighted by molar-refractivity contribution is 0.0600. The zero-order chi connectivity index (χ0) is 15.2. The van der Waals surface area contributed by atoms with Crippen LogP contribution in [0.1, 0.15) is 20.8 Å². The molecular formula is C14H15N3O5. The highest BCUT2D eigenvalue weighted by molar-refractivity contribution is 6.03. The molecule has 8 heteroatoms. The molecule has 8 nitrogen and oxygen atoms in total. The highest BCUT2D eigenvalue weighted by atomic mass is 16.5. The fraction of sp³-hybridized carbons (Fsp3) is 0.143. The summed E-state index contributed by atoms with van der Waals surface area (Å²) in [5.41, 5.74) is 0.971. The van der Waals surface area contributed by atoms with E-state index in [4.69, 9.17) is 4.74 Å². The highest BCUT2D eigenvalue weighted by Crippen LogP contribution is 2.12. The Kier molecular flexibility index (Phi) is 5.96. The first kappa shape index (κ1) is 17.1. The van der Waals surface area contributed by atoms with Crippen molar-refractivity contribution >= 4 is 17.6 Å². The van der Waals surface area contributed by atoms with E-state index in [1.54, 1.807) is 12.1 Å². The third-order valence-electron chi connectivity index (χ3n) is 2.62. The van der Waals surface area contributed by atoms with Crippen molar-refractivity contribution < 1.29 is 24.5 Å². The number of nitrogens with one attached hydrogen (secondary N) is 1. The molecule has 0 fully saturated rings. The molecule has 0 spiro atoms. The Labute approximate surface area is 126 Å². The maximum atomic E-state index is 12.0. The van der Waals surface area contributed by atoms with Crippen LogP contribution in [-0.4, -0.2) is 41.5 Å². The van der Waals surface area contributed by atoms with Crippen molar-refractivity contribution in [2.45, 2.75) is 0 Å². The maximum absolute atomic E-state index is 12.0. The van der Waals surface area contributed by atoms with Crippen LogP contribution in [0.3, 0.4) is 0 Å². The summed E-state index contributed by atoms with van der Waals surface area (Å²) in [6.45, 7) is 0. The van der Waals surface area contributed by atoms with Gasteiger partial charge in [-0.3, -0.25) is 9.78 Å². The molecule has 3 N–H and O–H groups in total. The average molecular weight is 305 g/mol. The summed E-state index contributed by atoms with van der Waals surface area (Å²) in [4.78, 5) is 31.1. The summed E-state index contributed by atoms with van der Waals surface area (Å²) >= 11 is 0. The smallest absolute Gasteiger partial charge is 0.339 e. The summed E-state index contributed by atoms with van der Waals surface area (Å²) in [6.07, 6.45) is 2.76. The van der Waals surface area contributed by atoms with E-state index in [-0.39, 0.29) is 16.7 Å². The number of pyridine rings is 2. The Morgan fingerprint density at radius 3 is 2.32 bits per heavy atom. The van der Waals surface area contributed by atoms with Gasteiger partial charge in [0, 0.05) is 12.3 Å². The lowest BCUT2D eigenvalue weighted by Gasteiger charge is -2.05. The molecule has 1 amide bonds. The molecule has 0 saturated heterocycles. The molecule has 116 valence electrons. The topological polar surface area (TPSA) is 122 Å². The van der Waals surface area contributed by atoms with Gasteiger partial charge in [0.05, 0.1) is 31.7 Å².